The summed E-state index contributed by atoms with van der Waals surface area (Å²) >= 11 is 12.4. The molecule has 4 nitrogen and oxygen atoms in total. The van der Waals surface area contributed by atoms with Gasteiger partial charge in [0.15, 0.2) is 0 Å². The molecule has 23 heavy (non-hydrogen) atoms. The SMILES string of the molecule is O=C1N(c2ccc(Cl)cc2)[C@H](c2ccccc2Cl)N2CCCN12. The normalized spacial score (nSPS) is 21.1. The van der Waals surface area contributed by atoms with Crippen molar-refractivity contribution in [1.29, 1.82) is 0 Å². The highest BCUT2D eigenvalue weighted by atomic mass is 35.5. The predicted molar refractivity (Wildman–Crippen MR) is 91.5 cm³/mol. The number of anilines is 1. The van der Waals surface area contributed by atoms with E-state index in [1.165, 1.54) is 0 Å². The molecular formula is C17H15Cl2N3O. The van der Waals surface area contributed by atoms with E-state index in [0.29, 0.717) is 10.0 Å². The number of carbonyl (C=O) groups is 1. The van der Waals surface area contributed by atoms with Gasteiger partial charge in [-0.25, -0.2) is 4.79 Å². The number of halogens is 2. The Morgan fingerprint density at radius 1 is 0.957 bits per heavy atom. The summed E-state index contributed by atoms with van der Waals surface area (Å²) in [4.78, 5) is 14.7. The summed E-state index contributed by atoms with van der Waals surface area (Å²) in [5.74, 6) is 0. The van der Waals surface area contributed by atoms with Crippen LogP contribution in [0.15, 0.2) is 48.5 Å². The van der Waals surface area contributed by atoms with Crippen LogP contribution in [0, 0.1) is 0 Å². The molecule has 0 radical (unpaired) electrons. The molecule has 6 heteroatoms. The number of carbonyl (C=O) groups excluding carboxylic acids is 1. The van der Waals surface area contributed by atoms with Gasteiger partial charge in [-0.3, -0.25) is 9.91 Å². The van der Waals surface area contributed by atoms with Crippen LogP contribution in [0.1, 0.15) is 18.2 Å². The molecule has 2 aromatic carbocycles. The molecule has 0 N–H and O–H groups in total. The van der Waals surface area contributed by atoms with Gasteiger partial charge in [0, 0.05) is 34.4 Å². The van der Waals surface area contributed by atoms with Gasteiger partial charge in [-0.15, -0.1) is 0 Å². The Hall–Kier alpha value is -1.75. The number of hydrazine groups is 1. The number of hydrogen-bond acceptors (Lipinski definition) is 2. The quantitative estimate of drug-likeness (QED) is 0.796. The molecule has 4 rings (SSSR count). The minimum absolute atomic E-state index is 0.0188. The largest absolute Gasteiger partial charge is 0.340 e. The summed E-state index contributed by atoms with van der Waals surface area (Å²) < 4.78 is 0. The molecule has 0 unspecified atom stereocenters. The molecule has 2 heterocycles. The van der Waals surface area contributed by atoms with Crippen molar-refractivity contribution in [2.24, 2.45) is 0 Å². The summed E-state index contributed by atoms with van der Waals surface area (Å²) in [6.07, 6.45) is 0.751. The number of amides is 2. The fourth-order valence-electron chi connectivity index (χ4n) is 3.29. The zero-order valence-electron chi connectivity index (χ0n) is 12.3. The van der Waals surface area contributed by atoms with Crippen molar-refractivity contribution < 1.29 is 4.79 Å². The summed E-state index contributed by atoms with van der Waals surface area (Å²) in [6.45, 7) is 1.58. The van der Waals surface area contributed by atoms with Gasteiger partial charge in [0.1, 0.15) is 6.17 Å². The second-order valence-corrected chi connectivity index (χ2v) is 6.51. The summed E-state index contributed by atoms with van der Waals surface area (Å²) in [7, 11) is 0. The number of urea groups is 1. The fraction of sp³-hybridized carbons (Fsp3) is 0.235. The van der Waals surface area contributed by atoms with E-state index in [9.17, 15) is 4.79 Å². The number of benzene rings is 2. The Balaban J connectivity index is 1.83. The molecule has 0 spiro atoms. The van der Waals surface area contributed by atoms with Crippen molar-refractivity contribution in [3.63, 3.8) is 0 Å². The van der Waals surface area contributed by atoms with E-state index in [1.807, 2.05) is 41.4 Å². The van der Waals surface area contributed by atoms with E-state index in [1.54, 1.807) is 17.0 Å². The van der Waals surface area contributed by atoms with Crippen LogP contribution in [0.25, 0.3) is 0 Å². The van der Waals surface area contributed by atoms with Gasteiger partial charge < -0.3 is 0 Å². The van der Waals surface area contributed by atoms with Crippen LogP contribution in [0.3, 0.4) is 0 Å². The predicted octanol–water partition coefficient (Wildman–Crippen LogP) is 4.55. The maximum absolute atomic E-state index is 12.9. The lowest BCUT2D eigenvalue weighted by Crippen LogP contribution is -2.32. The van der Waals surface area contributed by atoms with Gasteiger partial charge in [-0.2, -0.15) is 5.01 Å². The van der Waals surface area contributed by atoms with E-state index in [4.69, 9.17) is 23.2 Å². The Morgan fingerprint density at radius 2 is 1.70 bits per heavy atom. The third-order valence-corrected chi connectivity index (χ3v) is 4.91. The topological polar surface area (TPSA) is 26.8 Å². The zero-order valence-corrected chi connectivity index (χ0v) is 13.8. The molecule has 2 aromatic rings. The minimum Gasteiger partial charge on any atom is -0.271 e. The Morgan fingerprint density at radius 3 is 2.43 bits per heavy atom. The van der Waals surface area contributed by atoms with Gasteiger partial charge in [0.2, 0.25) is 0 Å². The van der Waals surface area contributed by atoms with Gasteiger partial charge >= 0.3 is 6.03 Å². The second-order valence-electron chi connectivity index (χ2n) is 5.66. The van der Waals surface area contributed by atoms with Crippen LogP contribution >= 0.6 is 23.2 Å². The monoisotopic (exact) mass is 347 g/mol. The molecule has 2 aliphatic heterocycles. The Bertz CT molecular complexity index is 750. The third-order valence-electron chi connectivity index (χ3n) is 4.31. The summed E-state index contributed by atoms with van der Waals surface area (Å²) in [6, 6.07) is 15.0. The third kappa shape index (κ3) is 2.38. The number of hydrogen-bond donors (Lipinski definition) is 0. The maximum Gasteiger partial charge on any atom is 0.340 e. The van der Waals surface area contributed by atoms with Crippen LogP contribution in [-0.2, 0) is 0 Å². The highest BCUT2D eigenvalue weighted by molar-refractivity contribution is 6.31. The highest BCUT2D eigenvalue weighted by Gasteiger charge is 2.48. The second kappa shape index (κ2) is 5.71. The van der Waals surface area contributed by atoms with Crippen LogP contribution in [-0.4, -0.2) is 29.1 Å². The lowest BCUT2D eigenvalue weighted by atomic mass is 10.1. The van der Waals surface area contributed by atoms with Crippen molar-refractivity contribution in [1.82, 2.24) is 10.0 Å². The Kier molecular flexibility index (Phi) is 3.68. The van der Waals surface area contributed by atoms with Crippen molar-refractivity contribution >= 4 is 34.9 Å². The summed E-state index contributed by atoms with van der Waals surface area (Å²) in [5.41, 5.74) is 1.75. The standard InChI is InChI=1S/C17H15Cl2N3O/c18-12-6-8-13(9-7-12)22-16(14-4-1-2-5-15(14)19)20-10-3-11-21(20)17(22)23/h1-2,4-9,16H,3,10-11H2/t16-/m1/s1. The zero-order chi connectivity index (χ0) is 16.0. The average Bonchev–Trinajstić information content (AvgIpc) is 3.12. The molecule has 2 aliphatic rings. The van der Waals surface area contributed by atoms with Gasteiger partial charge in [0.05, 0.1) is 0 Å². The van der Waals surface area contributed by atoms with Crippen molar-refractivity contribution in [2.45, 2.75) is 12.6 Å². The highest BCUT2D eigenvalue weighted by Crippen LogP contribution is 2.42. The number of nitrogens with zero attached hydrogens (tertiary/aromatic N) is 3. The van der Waals surface area contributed by atoms with E-state index in [-0.39, 0.29) is 12.2 Å². The minimum atomic E-state index is -0.222. The van der Waals surface area contributed by atoms with E-state index >= 15 is 0 Å². The van der Waals surface area contributed by atoms with E-state index in [0.717, 1.165) is 30.8 Å². The Labute approximate surface area is 144 Å². The first-order chi connectivity index (χ1) is 11.2. The molecule has 2 fully saturated rings. The number of fused-ring (bicyclic) bond motifs is 1. The maximum atomic E-state index is 12.9. The first-order valence-corrected chi connectivity index (χ1v) is 8.30. The molecule has 1 atom stereocenters. The lowest BCUT2D eigenvalue weighted by molar-refractivity contribution is 0.0728. The van der Waals surface area contributed by atoms with Gasteiger partial charge in [0.25, 0.3) is 0 Å². The molecular weight excluding hydrogens is 333 g/mol. The van der Waals surface area contributed by atoms with E-state index in [2.05, 4.69) is 5.01 Å². The molecule has 0 bridgehead atoms. The lowest BCUT2D eigenvalue weighted by Gasteiger charge is -2.28. The molecule has 0 aromatic heterocycles. The van der Waals surface area contributed by atoms with Crippen molar-refractivity contribution in [3.8, 4) is 0 Å². The first kappa shape index (κ1) is 14.8. The van der Waals surface area contributed by atoms with Crippen molar-refractivity contribution in [3.05, 3.63) is 64.1 Å². The van der Waals surface area contributed by atoms with Gasteiger partial charge in [-0.1, -0.05) is 41.4 Å². The van der Waals surface area contributed by atoms with Crippen molar-refractivity contribution in [2.75, 3.05) is 18.0 Å². The van der Waals surface area contributed by atoms with Crippen LogP contribution in [0.2, 0.25) is 10.0 Å². The van der Waals surface area contributed by atoms with Crippen LogP contribution in [0.5, 0.6) is 0 Å². The molecule has 0 aliphatic carbocycles. The first-order valence-electron chi connectivity index (χ1n) is 7.54. The molecule has 2 amide bonds. The molecule has 0 saturated carbocycles. The van der Waals surface area contributed by atoms with E-state index < -0.39 is 0 Å². The summed E-state index contributed by atoms with van der Waals surface area (Å²) in [5, 5.41) is 5.22. The van der Waals surface area contributed by atoms with Gasteiger partial charge in [-0.05, 0) is 36.8 Å². The smallest absolute Gasteiger partial charge is 0.271 e. The molecule has 118 valence electrons. The number of rotatable bonds is 2. The molecule has 2 saturated heterocycles. The van der Waals surface area contributed by atoms with Crippen LogP contribution < -0.4 is 4.90 Å². The average molecular weight is 348 g/mol. The fourth-order valence-corrected chi connectivity index (χ4v) is 3.65. The van der Waals surface area contributed by atoms with Crippen LogP contribution in [0.4, 0.5) is 10.5 Å².